The van der Waals surface area contributed by atoms with E-state index in [1.54, 1.807) is 0 Å². The molecule has 0 bridgehead atoms. The Balaban J connectivity index is 2.09. The lowest BCUT2D eigenvalue weighted by Gasteiger charge is -2.36. The van der Waals surface area contributed by atoms with Crippen molar-refractivity contribution >= 4 is 5.91 Å². The Morgan fingerprint density at radius 2 is 1.90 bits per heavy atom. The molecule has 4 heteroatoms. The van der Waals surface area contributed by atoms with Gasteiger partial charge in [0, 0.05) is 6.54 Å². The van der Waals surface area contributed by atoms with Gasteiger partial charge in [0.15, 0.2) is 0 Å². The van der Waals surface area contributed by atoms with Crippen LogP contribution in [0.25, 0.3) is 0 Å². The van der Waals surface area contributed by atoms with Crippen molar-refractivity contribution in [2.75, 3.05) is 26.2 Å². The number of nitrogens with two attached hydrogens (primary N) is 1. The first-order chi connectivity index (χ1) is 9.79. The van der Waals surface area contributed by atoms with E-state index < -0.39 is 0 Å². The highest BCUT2D eigenvalue weighted by Crippen LogP contribution is 2.33. The second-order valence-corrected chi connectivity index (χ2v) is 5.45. The summed E-state index contributed by atoms with van der Waals surface area (Å²) < 4.78 is 0. The van der Waals surface area contributed by atoms with Crippen LogP contribution in [0.3, 0.4) is 0 Å². The average Bonchev–Trinajstić information content (AvgIpc) is 2.53. The molecular weight excluding hydrogens is 250 g/mol. The number of benzene rings is 1. The molecule has 2 rings (SSSR count). The van der Waals surface area contributed by atoms with E-state index in [1.807, 2.05) is 18.2 Å². The van der Waals surface area contributed by atoms with E-state index in [4.69, 9.17) is 5.73 Å². The monoisotopic (exact) mass is 275 g/mol. The van der Waals surface area contributed by atoms with Crippen molar-refractivity contribution in [1.82, 2.24) is 10.6 Å². The Labute approximate surface area is 121 Å². The highest BCUT2D eigenvalue weighted by Gasteiger charge is 2.40. The van der Waals surface area contributed by atoms with Gasteiger partial charge >= 0.3 is 0 Å². The van der Waals surface area contributed by atoms with Gasteiger partial charge < -0.3 is 16.4 Å². The molecule has 1 aliphatic rings. The maximum atomic E-state index is 12.7. The zero-order chi connectivity index (χ0) is 14.3. The van der Waals surface area contributed by atoms with Crippen LogP contribution in [-0.4, -0.2) is 32.1 Å². The fourth-order valence-corrected chi connectivity index (χ4v) is 2.90. The number of hydrogen-bond donors (Lipinski definition) is 3. The summed E-state index contributed by atoms with van der Waals surface area (Å²) in [6.45, 7) is 3.19. The second-order valence-electron chi connectivity index (χ2n) is 5.45. The lowest BCUT2D eigenvalue weighted by molar-refractivity contribution is -0.127. The van der Waals surface area contributed by atoms with E-state index in [-0.39, 0.29) is 11.3 Å². The third-order valence-electron chi connectivity index (χ3n) is 4.13. The minimum Gasteiger partial charge on any atom is -0.355 e. The number of hydrogen-bond acceptors (Lipinski definition) is 3. The van der Waals surface area contributed by atoms with Gasteiger partial charge in [-0.3, -0.25) is 4.79 Å². The average molecular weight is 275 g/mol. The number of rotatable bonds is 6. The highest BCUT2D eigenvalue weighted by atomic mass is 16.2. The Morgan fingerprint density at radius 3 is 2.55 bits per heavy atom. The van der Waals surface area contributed by atoms with Crippen molar-refractivity contribution in [2.24, 2.45) is 5.73 Å². The second kappa shape index (κ2) is 7.41. The highest BCUT2D eigenvalue weighted by molar-refractivity contribution is 5.88. The van der Waals surface area contributed by atoms with E-state index in [9.17, 15) is 4.79 Å². The number of unbranched alkanes of at least 4 members (excludes halogenated alkanes) is 1. The molecule has 1 heterocycles. The predicted octanol–water partition coefficient (Wildman–Crippen LogP) is 1.16. The maximum Gasteiger partial charge on any atom is 0.230 e. The van der Waals surface area contributed by atoms with Crippen molar-refractivity contribution in [1.29, 1.82) is 0 Å². The van der Waals surface area contributed by atoms with Gasteiger partial charge in [-0.05, 0) is 50.9 Å². The Hall–Kier alpha value is -1.39. The summed E-state index contributed by atoms with van der Waals surface area (Å²) in [7, 11) is 0. The first-order valence-electron chi connectivity index (χ1n) is 7.54. The van der Waals surface area contributed by atoms with Crippen LogP contribution >= 0.6 is 0 Å². The van der Waals surface area contributed by atoms with Gasteiger partial charge in [-0.15, -0.1) is 0 Å². The third-order valence-corrected chi connectivity index (χ3v) is 4.13. The summed E-state index contributed by atoms with van der Waals surface area (Å²) in [4.78, 5) is 12.7. The minimum atomic E-state index is -0.366. The Morgan fingerprint density at radius 1 is 1.20 bits per heavy atom. The van der Waals surface area contributed by atoms with Crippen LogP contribution in [-0.2, 0) is 10.2 Å². The molecule has 1 aliphatic heterocycles. The number of piperidine rings is 1. The zero-order valence-corrected chi connectivity index (χ0v) is 12.0. The van der Waals surface area contributed by atoms with Crippen molar-refractivity contribution in [3.63, 3.8) is 0 Å². The largest absolute Gasteiger partial charge is 0.355 e. The van der Waals surface area contributed by atoms with Crippen LogP contribution < -0.4 is 16.4 Å². The van der Waals surface area contributed by atoms with E-state index >= 15 is 0 Å². The summed E-state index contributed by atoms with van der Waals surface area (Å²) >= 11 is 0. The quantitative estimate of drug-likeness (QED) is 0.683. The molecule has 1 aromatic rings. The van der Waals surface area contributed by atoms with E-state index in [1.165, 1.54) is 0 Å². The van der Waals surface area contributed by atoms with Crippen molar-refractivity contribution in [3.8, 4) is 0 Å². The molecule has 1 saturated heterocycles. The molecule has 0 unspecified atom stereocenters. The van der Waals surface area contributed by atoms with Gasteiger partial charge in [0.2, 0.25) is 5.91 Å². The number of carbonyl (C=O) groups is 1. The summed E-state index contributed by atoms with van der Waals surface area (Å²) in [5.41, 5.74) is 6.26. The molecule has 0 spiro atoms. The summed E-state index contributed by atoms with van der Waals surface area (Å²) in [5, 5.41) is 6.45. The molecule has 1 amide bonds. The van der Waals surface area contributed by atoms with Crippen LogP contribution in [0.2, 0.25) is 0 Å². The first-order valence-corrected chi connectivity index (χ1v) is 7.54. The van der Waals surface area contributed by atoms with E-state index in [0.717, 1.165) is 50.9 Å². The smallest absolute Gasteiger partial charge is 0.230 e. The van der Waals surface area contributed by atoms with Crippen LogP contribution in [0.1, 0.15) is 31.2 Å². The molecule has 0 saturated carbocycles. The fraction of sp³-hybridized carbons (Fsp3) is 0.562. The van der Waals surface area contributed by atoms with E-state index in [0.29, 0.717) is 6.54 Å². The van der Waals surface area contributed by atoms with Crippen molar-refractivity contribution < 1.29 is 4.79 Å². The van der Waals surface area contributed by atoms with Crippen LogP contribution in [0.15, 0.2) is 30.3 Å². The summed E-state index contributed by atoms with van der Waals surface area (Å²) in [5.74, 6) is 0.169. The Kier molecular flexibility index (Phi) is 5.56. The SMILES string of the molecule is NCCCCNC(=O)C1(c2ccccc2)CCNCC1. The third kappa shape index (κ3) is 3.38. The van der Waals surface area contributed by atoms with Gasteiger partial charge in [-0.25, -0.2) is 0 Å². The first kappa shape index (κ1) is 15.0. The van der Waals surface area contributed by atoms with Gasteiger partial charge in [0.05, 0.1) is 5.41 Å². The van der Waals surface area contributed by atoms with Gasteiger partial charge in [-0.1, -0.05) is 30.3 Å². The molecule has 110 valence electrons. The zero-order valence-electron chi connectivity index (χ0n) is 12.0. The van der Waals surface area contributed by atoms with Crippen LogP contribution in [0.5, 0.6) is 0 Å². The standard InChI is InChI=1S/C16H25N3O/c17-10-4-5-11-19-15(20)16(8-12-18-13-9-16)14-6-2-1-3-7-14/h1-3,6-7,18H,4-5,8-13,17H2,(H,19,20). The Bertz CT molecular complexity index is 413. The molecule has 4 nitrogen and oxygen atoms in total. The molecule has 1 fully saturated rings. The molecule has 1 aromatic carbocycles. The van der Waals surface area contributed by atoms with Crippen LogP contribution in [0, 0.1) is 0 Å². The maximum absolute atomic E-state index is 12.7. The van der Waals surface area contributed by atoms with Gasteiger partial charge in [-0.2, -0.15) is 0 Å². The predicted molar refractivity (Wildman–Crippen MR) is 81.5 cm³/mol. The van der Waals surface area contributed by atoms with E-state index in [2.05, 4.69) is 22.8 Å². The minimum absolute atomic E-state index is 0.169. The van der Waals surface area contributed by atoms with Crippen LogP contribution in [0.4, 0.5) is 0 Å². The summed E-state index contributed by atoms with van der Waals surface area (Å²) in [6.07, 6.45) is 3.63. The molecule has 0 aromatic heterocycles. The number of amides is 1. The topological polar surface area (TPSA) is 67.1 Å². The molecule has 0 radical (unpaired) electrons. The van der Waals surface area contributed by atoms with Gasteiger partial charge in [0.25, 0.3) is 0 Å². The van der Waals surface area contributed by atoms with Gasteiger partial charge in [0.1, 0.15) is 0 Å². The number of nitrogens with one attached hydrogen (secondary N) is 2. The molecule has 0 aliphatic carbocycles. The number of carbonyl (C=O) groups excluding carboxylic acids is 1. The summed E-state index contributed by atoms with van der Waals surface area (Å²) in [6, 6.07) is 10.2. The lowest BCUT2D eigenvalue weighted by atomic mass is 9.72. The molecular formula is C16H25N3O. The molecule has 0 atom stereocenters. The fourth-order valence-electron chi connectivity index (χ4n) is 2.90. The normalized spacial score (nSPS) is 17.6. The molecule has 20 heavy (non-hydrogen) atoms. The molecule has 4 N–H and O–H groups in total. The van der Waals surface area contributed by atoms with Crippen molar-refractivity contribution in [2.45, 2.75) is 31.1 Å². The van der Waals surface area contributed by atoms with Crippen molar-refractivity contribution in [3.05, 3.63) is 35.9 Å². The lowest BCUT2D eigenvalue weighted by Crippen LogP contribution is -2.50.